The summed E-state index contributed by atoms with van der Waals surface area (Å²) in [5.74, 6) is 0. The van der Waals surface area contributed by atoms with E-state index < -0.39 is 7.14 Å². The first kappa shape index (κ1) is 19.1. The van der Waals surface area contributed by atoms with Crippen LogP contribution < -0.4 is 15.5 Å². The number of carbonyl (C=O) groups is 1. The maximum absolute atomic E-state index is 14.1. The Bertz CT molecular complexity index is 890. The molecule has 0 aliphatic heterocycles. The van der Waals surface area contributed by atoms with Gasteiger partial charge in [0.15, 0.2) is 0 Å². The van der Waals surface area contributed by atoms with Crippen molar-refractivity contribution in [2.75, 3.05) is 18.0 Å². The zero-order valence-corrected chi connectivity index (χ0v) is 16.6. The normalized spacial score (nSPS) is 11.2. The van der Waals surface area contributed by atoms with E-state index >= 15 is 0 Å². The first-order chi connectivity index (χ1) is 13.1. The van der Waals surface area contributed by atoms with E-state index in [4.69, 9.17) is 0 Å². The summed E-state index contributed by atoms with van der Waals surface area (Å²) >= 11 is 0. The molecule has 3 aromatic carbocycles. The number of anilines is 1. The lowest BCUT2D eigenvalue weighted by atomic mass is 10.2. The van der Waals surface area contributed by atoms with Crippen LogP contribution in [0.15, 0.2) is 84.9 Å². The van der Waals surface area contributed by atoms with E-state index in [0.717, 1.165) is 18.8 Å². The second kappa shape index (κ2) is 8.37. The molecule has 0 N–H and O–H groups in total. The predicted molar refractivity (Wildman–Crippen MR) is 114 cm³/mol. The minimum atomic E-state index is -3.44. The van der Waals surface area contributed by atoms with Gasteiger partial charge in [0.25, 0.3) is 0 Å². The van der Waals surface area contributed by atoms with Crippen LogP contribution in [0.4, 0.5) is 5.69 Å². The van der Waals surface area contributed by atoms with Gasteiger partial charge in [-0.05, 0) is 38.1 Å². The summed E-state index contributed by atoms with van der Waals surface area (Å²) in [5, 5.41) is 1.13. The summed E-state index contributed by atoms with van der Waals surface area (Å²) in [6, 6.07) is 25.5. The molecule has 0 amide bonds. The topological polar surface area (TPSA) is 37.4 Å². The number of hydrogen-bond acceptors (Lipinski definition) is 3. The van der Waals surface area contributed by atoms with Crippen LogP contribution in [0.1, 0.15) is 24.2 Å². The number of nitrogens with zero attached hydrogens (tertiary/aromatic N) is 1. The molecule has 0 atom stereocenters. The molecule has 0 unspecified atom stereocenters. The fourth-order valence-electron chi connectivity index (χ4n) is 3.24. The lowest BCUT2D eigenvalue weighted by Gasteiger charge is -2.22. The van der Waals surface area contributed by atoms with E-state index in [1.54, 1.807) is 36.4 Å². The highest BCUT2D eigenvalue weighted by atomic mass is 31.2. The molecule has 0 bridgehead atoms. The zero-order valence-electron chi connectivity index (χ0n) is 15.7. The summed E-state index contributed by atoms with van der Waals surface area (Å²) in [5.41, 5.74) is 1.21. The highest BCUT2D eigenvalue weighted by molar-refractivity contribution is 7.93. The van der Waals surface area contributed by atoms with Crippen molar-refractivity contribution >= 4 is 29.0 Å². The van der Waals surface area contributed by atoms with Crippen molar-refractivity contribution < 1.29 is 9.36 Å². The molecule has 4 heteroatoms. The van der Waals surface area contributed by atoms with Crippen molar-refractivity contribution in [1.82, 2.24) is 0 Å². The Morgan fingerprint density at radius 3 is 1.59 bits per heavy atom. The monoisotopic (exact) mass is 377 g/mol. The van der Waals surface area contributed by atoms with Crippen molar-refractivity contribution in [2.24, 2.45) is 0 Å². The molecule has 0 aliphatic rings. The number of rotatable bonds is 7. The summed E-state index contributed by atoms with van der Waals surface area (Å²) in [7, 11) is -3.44. The summed E-state index contributed by atoms with van der Waals surface area (Å²) in [6.07, 6.45) is 0. The third-order valence-corrected chi connectivity index (χ3v) is 7.65. The van der Waals surface area contributed by atoms with Crippen molar-refractivity contribution in [3.8, 4) is 0 Å². The Balaban J connectivity index is 2.06. The Morgan fingerprint density at radius 2 is 1.19 bits per heavy atom. The van der Waals surface area contributed by atoms with Crippen LogP contribution in [0.5, 0.6) is 0 Å². The zero-order chi connectivity index (χ0) is 19.3. The molecule has 3 rings (SSSR count). The molecule has 3 nitrogen and oxygen atoms in total. The van der Waals surface area contributed by atoms with E-state index in [0.29, 0.717) is 16.2 Å². The second-order valence-electron chi connectivity index (χ2n) is 6.30. The third-order valence-electron chi connectivity index (χ3n) is 4.77. The Kier molecular flexibility index (Phi) is 5.93. The maximum Gasteiger partial charge on any atom is 0.230 e. The largest absolute Gasteiger partial charge is 0.372 e. The van der Waals surface area contributed by atoms with Crippen LogP contribution in [-0.4, -0.2) is 18.6 Å². The van der Waals surface area contributed by atoms with Crippen LogP contribution in [-0.2, 0) is 4.57 Å². The predicted octanol–water partition coefficient (Wildman–Crippen LogP) is 4.69. The summed E-state index contributed by atoms with van der Waals surface area (Å²) in [6.45, 7) is 6.00. The molecule has 0 saturated heterocycles. The highest BCUT2D eigenvalue weighted by Crippen LogP contribution is 2.46. The molecular formula is C23H24NO2P. The Morgan fingerprint density at radius 1 is 0.741 bits per heavy atom. The molecular weight excluding hydrogens is 353 g/mol. The van der Waals surface area contributed by atoms with Crippen molar-refractivity contribution in [1.29, 1.82) is 0 Å². The SMILES string of the molecule is CCN(CC)c1ccc(C(=O)P(=O)(c2ccccc2)c2ccccc2)cc1. The summed E-state index contributed by atoms with van der Waals surface area (Å²) < 4.78 is 14.1. The number of benzene rings is 3. The van der Waals surface area contributed by atoms with Gasteiger partial charge in [-0.1, -0.05) is 60.7 Å². The highest BCUT2D eigenvalue weighted by Gasteiger charge is 2.36. The Labute approximate surface area is 161 Å². The van der Waals surface area contributed by atoms with Gasteiger partial charge in [0, 0.05) is 34.9 Å². The van der Waals surface area contributed by atoms with E-state index in [9.17, 15) is 9.36 Å². The molecule has 0 heterocycles. The fraction of sp³-hybridized carbons (Fsp3) is 0.174. The third kappa shape index (κ3) is 3.74. The average molecular weight is 377 g/mol. The van der Waals surface area contributed by atoms with Crippen LogP contribution in [0.3, 0.4) is 0 Å². The van der Waals surface area contributed by atoms with Gasteiger partial charge >= 0.3 is 0 Å². The minimum Gasteiger partial charge on any atom is -0.372 e. The van der Waals surface area contributed by atoms with Crippen LogP contribution in [0.25, 0.3) is 0 Å². The first-order valence-electron chi connectivity index (χ1n) is 9.22. The van der Waals surface area contributed by atoms with E-state index in [1.807, 2.05) is 48.5 Å². The maximum atomic E-state index is 14.1. The Hall–Kier alpha value is -2.64. The average Bonchev–Trinajstić information content (AvgIpc) is 2.75. The first-order valence-corrected chi connectivity index (χ1v) is 10.9. The number of carbonyl (C=O) groups excluding carboxylic acids is 1. The van der Waals surface area contributed by atoms with Gasteiger partial charge in [0.05, 0.1) is 0 Å². The standard InChI is InChI=1S/C23H24NO2P/c1-3-24(4-2)20-17-15-19(16-18-20)23(25)27(26,21-11-7-5-8-12-21)22-13-9-6-10-14-22/h5-18H,3-4H2,1-2H3. The van der Waals surface area contributed by atoms with E-state index in [2.05, 4.69) is 18.7 Å². The van der Waals surface area contributed by atoms with E-state index in [-0.39, 0.29) is 5.52 Å². The molecule has 0 aliphatic carbocycles. The molecule has 0 saturated carbocycles. The number of hydrogen-bond donors (Lipinski definition) is 0. The molecule has 3 aromatic rings. The molecule has 138 valence electrons. The van der Waals surface area contributed by atoms with Gasteiger partial charge in [-0.15, -0.1) is 0 Å². The second-order valence-corrected chi connectivity index (χ2v) is 8.96. The van der Waals surface area contributed by atoms with Gasteiger partial charge in [-0.25, -0.2) is 0 Å². The fourth-order valence-corrected chi connectivity index (χ4v) is 5.71. The van der Waals surface area contributed by atoms with Gasteiger partial charge in [0.2, 0.25) is 12.7 Å². The molecule has 0 radical (unpaired) electrons. The van der Waals surface area contributed by atoms with Crippen LogP contribution in [0, 0.1) is 0 Å². The van der Waals surface area contributed by atoms with Crippen molar-refractivity contribution in [3.05, 3.63) is 90.5 Å². The van der Waals surface area contributed by atoms with Gasteiger partial charge in [-0.2, -0.15) is 0 Å². The van der Waals surface area contributed by atoms with E-state index in [1.165, 1.54) is 0 Å². The smallest absolute Gasteiger partial charge is 0.230 e. The van der Waals surface area contributed by atoms with Crippen molar-refractivity contribution in [2.45, 2.75) is 13.8 Å². The van der Waals surface area contributed by atoms with Crippen molar-refractivity contribution in [3.63, 3.8) is 0 Å². The quantitative estimate of drug-likeness (QED) is 0.561. The van der Waals surface area contributed by atoms with Crippen LogP contribution in [0.2, 0.25) is 0 Å². The molecule has 27 heavy (non-hydrogen) atoms. The molecule has 0 aromatic heterocycles. The van der Waals surface area contributed by atoms with Crippen LogP contribution >= 0.6 is 7.14 Å². The minimum absolute atomic E-state index is 0.328. The van der Waals surface area contributed by atoms with Gasteiger partial charge in [0.1, 0.15) is 0 Å². The summed E-state index contributed by atoms with van der Waals surface area (Å²) in [4.78, 5) is 15.6. The van der Waals surface area contributed by atoms with Gasteiger partial charge in [-0.3, -0.25) is 4.79 Å². The molecule has 0 spiro atoms. The lowest BCUT2D eigenvalue weighted by molar-refractivity contribution is 0.107. The van der Waals surface area contributed by atoms with Gasteiger partial charge < -0.3 is 9.46 Å². The molecule has 0 fully saturated rings. The lowest BCUT2D eigenvalue weighted by Crippen LogP contribution is -2.23.